The van der Waals surface area contributed by atoms with Gasteiger partial charge in [-0.3, -0.25) is 0 Å². The summed E-state index contributed by atoms with van der Waals surface area (Å²) in [6.07, 6.45) is 5.24. The molecule has 0 saturated carbocycles. The molecule has 1 atom stereocenters. The number of rotatable bonds is 9. The average molecular weight is 217 g/mol. The zero-order valence-corrected chi connectivity index (χ0v) is 11.0. The molecule has 0 amide bonds. The van der Waals surface area contributed by atoms with Crippen LogP contribution in [0.25, 0.3) is 0 Å². The molecular formula is C12H27NS. The van der Waals surface area contributed by atoms with Crippen molar-refractivity contribution in [3.63, 3.8) is 0 Å². The molecule has 0 heterocycles. The summed E-state index contributed by atoms with van der Waals surface area (Å²) < 4.78 is 0. The predicted molar refractivity (Wildman–Crippen MR) is 69.3 cm³/mol. The number of unbranched alkanes of at least 4 members (excludes halogenated alkanes) is 1. The Morgan fingerprint density at radius 2 is 1.86 bits per heavy atom. The summed E-state index contributed by atoms with van der Waals surface area (Å²) in [6, 6.07) is 0. The maximum absolute atomic E-state index is 4.27. The maximum atomic E-state index is 4.27. The number of nitrogens with zero attached hydrogens (tertiary/aromatic N) is 1. The molecule has 0 fully saturated rings. The third kappa shape index (κ3) is 7.69. The first-order valence-electron chi connectivity index (χ1n) is 6.07. The molecule has 0 aromatic heterocycles. The SMILES string of the molecule is CCCCN(CC)CCC(C)CCS. The molecule has 86 valence electrons. The van der Waals surface area contributed by atoms with Crippen molar-refractivity contribution in [2.75, 3.05) is 25.4 Å². The number of thiol groups is 1. The first-order chi connectivity index (χ1) is 6.74. The Morgan fingerprint density at radius 1 is 1.14 bits per heavy atom. The van der Waals surface area contributed by atoms with Crippen LogP contribution in [0.3, 0.4) is 0 Å². The van der Waals surface area contributed by atoms with Crippen molar-refractivity contribution in [1.29, 1.82) is 0 Å². The smallest absolute Gasteiger partial charge is 0.00163 e. The van der Waals surface area contributed by atoms with E-state index in [0.29, 0.717) is 0 Å². The fraction of sp³-hybridized carbons (Fsp3) is 1.00. The van der Waals surface area contributed by atoms with Crippen LogP contribution in [0.15, 0.2) is 0 Å². The minimum atomic E-state index is 0.836. The van der Waals surface area contributed by atoms with E-state index in [-0.39, 0.29) is 0 Å². The van der Waals surface area contributed by atoms with Crippen LogP contribution in [-0.2, 0) is 0 Å². The molecule has 0 radical (unpaired) electrons. The van der Waals surface area contributed by atoms with Crippen molar-refractivity contribution in [3.05, 3.63) is 0 Å². The first-order valence-corrected chi connectivity index (χ1v) is 6.71. The Hall–Kier alpha value is 0.310. The van der Waals surface area contributed by atoms with Crippen molar-refractivity contribution in [1.82, 2.24) is 4.90 Å². The molecule has 0 bridgehead atoms. The summed E-state index contributed by atoms with van der Waals surface area (Å²) in [5.74, 6) is 1.87. The Kier molecular flexibility index (Phi) is 10.1. The lowest BCUT2D eigenvalue weighted by Gasteiger charge is -2.21. The van der Waals surface area contributed by atoms with Gasteiger partial charge in [-0.1, -0.05) is 27.2 Å². The van der Waals surface area contributed by atoms with E-state index in [1.54, 1.807) is 0 Å². The van der Waals surface area contributed by atoms with Crippen molar-refractivity contribution < 1.29 is 0 Å². The third-order valence-electron chi connectivity index (χ3n) is 2.84. The second-order valence-electron chi connectivity index (χ2n) is 4.19. The maximum Gasteiger partial charge on any atom is -0.00163 e. The number of hydrogen-bond acceptors (Lipinski definition) is 2. The van der Waals surface area contributed by atoms with Crippen LogP contribution in [0.1, 0.15) is 46.5 Å². The van der Waals surface area contributed by atoms with Gasteiger partial charge in [0.15, 0.2) is 0 Å². The standard InChI is InChI=1S/C12H27NS/c1-4-6-9-13(5-2)10-7-12(3)8-11-14/h12,14H,4-11H2,1-3H3. The molecule has 14 heavy (non-hydrogen) atoms. The van der Waals surface area contributed by atoms with Gasteiger partial charge in [0.2, 0.25) is 0 Å². The van der Waals surface area contributed by atoms with Gasteiger partial charge in [0.05, 0.1) is 0 Å². The summed E-state index contributed by atoms with van der Waals surface area (Å²) >= 11 is 4.27. The molecule has 0 aliphatic rings. The van der Waals surface area contributed by atoms with Crippen LogP contribution in [0.2, 0.25) is 0 Å². The van der Waals surface area contributed by atoms with E-state index in [4.69, 9.17) is 0 Å². The molecule has 0 rings (SSSR count). The summed E-state index contributed by atoms with van der Waals surface area (Å²) in [5, 5.41) is 0. The Labute approximate surface area is 95.7 Å². The lowest BCUT2D eigenvalue weighted by Crippen LogP contribution is -2.26. The molecule has 0 N–H and O–H groups in total. The van der Waals surface area contributed by atoms with Gasteiger partial charge in [0.1, 0.15) is 0 Å². The first kappa shape index (κ1) is 14.3. The van der Waals surface area contributed by atoms with Gasteiger partial charge in [-0.15, -0.1) is 0 Å². The molecule has 0 aromatic carbocycles. The zero-order valence-electron chi connectivity index (χ0n) is 10.1. The highest BCUT2D eigenvalue weighted by molar-refractivity contribution is 7.80. The average Bonchev–Trinajstić information content (AvgIpc) is 2.19. The second-order valence-corrected chi connectivity index (χ2v) is 4.64. The van der Waals surface area contributed by atoms with Gasteiger partial charge < -0.3 is 4.90 Å². The van der Waals surface area contributed by atoms with E-state index in [2.05, 4.69) is 38.3 Å². The summed E-state index contributed by atoms with van der Waals surface area (Å²) in [5.41, 5.74) is 0. The summed E-state index contributed by atoms with van der Waals surface area (Å²) in [7, 11) is 0. The van der Waals surface area contributed by atoms with Gasteiger partial charge in [-0.2, -0.15) is 12.6 Å². The van der Waals surface area contributed by atoms with Gasteiger partial charge in [-0.05, 0) is 50.6 Å². The third-order valence-corrected chi connectivity index (χ3v) is 3.09. The van der Waals surface area contributed by atoms with Gasteiger partial charge in [0, 0.05) is 0 Å². The zero-order chi connectivity index (χ0) is 10.8. The van der Waals surface area contributed by atoms with Crippen molar-refractivity contribution in [2.45, 2.75) is 46.5 Å². The molecule has 0 spiro atoms. The van der Waals surface area contributed by atoms with E-state index in [1.165, 1.54) is 45.3 Å². The van der Waals surface area contributed by atoms with Crippen LogP contribution in [0.5, 0.6) is 0 Å². The van der Waals surface area contributed by atoms with E-state index in [0.717, 1.165) is 11.7 Å². The van der Waals surface area contributed by atoms with Crippen LogP contribution < -0.4 is 0 Å². The highest BCUT2D eigenvalue weighted by atomic mass is 32.1. The fourth-order valence-corrected chi connectivity index (χ4v) is 2.02. The lowest BCUT2D eigenvalue weighted by molar-refractivity contribution is 0.261. The quantitative estimate of drug-likeness (QED) is 0.579. The van der Waals surface area contributed by atoms with Crippen LogP contribution in [0.4, 0.5) is 0 Å². The topological polar surface area (TPSA) is 3.24 Å². The van der Waals surface area contributed by atoms with Gasteiger partial charge in [0.25, 0.3) is 0 Å². The lowest BCUT2D eigenvalue weighted by atomic mass is 10.0. The summed E-state index contributed by atoms with van der Waals surface area (Å²) in [6.45, 7) is 10.6. The van der Waals surface area contributed by atoms with Crippen molar-refractivity contribution >= 4 is 12.6 Å². The molecule has 1 unspecified atom stereocenters. The molecular weight excluding hydrogens is 190 g/mol. The largest absolute Gasteiger partial charge is 0.304 e. The highest BCUT2D eigenvalue weighted by Crippen LogP contribution is 2.09. The molecule has 0 saturated heterocycles. The van der Waals surface area contributed by atoms with Crippen LogP contribution >= 0.6 is 12.6 Å². The predicted octanol–water partition coefficient (Wildman–Crippen LogP) is 3.45. The second kappa shape index (κ2) is 9.85. The number of hydrogen-bond donors (Lipinski definition) is 1. The molecule has 0 aliphatic heterocycles. The van der Waals surface area contributed by atoms with Gasteiger partial charge in [-0.25, -0.2) is 0 Å². The highest BCUT2D eigenvalue weighted by Gasteiger charge is 2.05. The minimum absolute atomic E-state index is 0.836. The monoisotopic (exact) mass is 217 g/mol. The molecule has 0 aliphatic carbocycles. The Bertz CT molecular complexity index is 117. The minimum Gasteiger partial charge on any atom is -0.304 e. The normalized spacial score (nSPS) is 13.5. The molecule has 2 heteroatoms. The van der Waals surface area contributed by atoms with Crippen molar-refractivity contribution in [3.8, 4) is 0 Å². The molecule has 1 nitrogen and oxygen atoms in total. The van der Waals surface area contributed by atoms with E-state index in [9.17, 15) is 0 Å². The van der Waals surface area contributed by atoms with E-state index >= 15 is 0 Å². The van der Waals surface area contributed by atoms with E-state index in [1.807, 2.05) is 0 Å². The fourth-order valence-electron chi connectivity index (χ4n) is 1.58. The van der Waals surface area contributed by atoms with Gasteiger partial charge >= 0.3 is 0 Å². The Morgan fingerprint density at radius 3 is 2.36 bits per heavy atom. The van der Waals surface area contributed by atoms with Crippen molar-refractivity contribution in [2.24, 2.45) is 5.92 Å². The van der Waals surface area contributed by atoms with Crippen LogP contribution in [0, 0.1) is 5.92 Å². The Balaban J connectivity index is 3.50. The summed E-state index contributed by atoms with van der Waals surface area (Å²) in [4.78, 5) is 2.57. The van der Waals surface area contributed by atoms with E-state index < -0.39 is 0 Å². The molecule has 0 aromatic rings. The van der Waals surface area contributed by atoms with Crippen LogP contribution in [-0.4, -0.2) is 30.3 Å².